The molecule has 2 N–H and O–H groups in total. The molecule has 2 aliphatic rings. The fourth-order valence-corrected chi connectivity index (χ4v) is 2.69. The summed E-state index contributed by atoms with van der Waals surface area (Å²) in [7, 11) is 0. The van der Waals surface area contributed by atoms with Gasteiger partial charge in [0.25, 0.3) is 0 Å². The maximum absolute atomic E-state index is 10.9. The monoisotopic (exact) mass is 261 g/mol. The van der Waals surface area contributed by atoms with Crippen LogP contribution in [0.15, 0.2) is 12.3 Å². The van der Waals surface area contributed by atoms with Gasteiger partial charge in [-0.2, -0.15) is 0 Å². The van der Waals surface area contributed by atoms with E-state index in [1.807, 2.05) is 12.3 Å². The number of nitrogens with zero attached hydrogens (tertiary/aromatic N) is 2. The van der Waals surface area contributed by atoms with E-state index in [9.17, 15) is 4.79 Å². The summed E-state index contributed by atoms with van der Waals surface area (Å²) in [6.07, 6.45) is 7.53. The van der Waals surface area contributed by atoms with Crippen LogP contribution >= 0.6 is 0 Å². The predicted molar refractivity (Wildman–Crippen MR) is 71.0 cm³/mol. The third kappa shape index (κ3) is 3.03. The molecule has 0 bridgehead atoms. The van der Waals surface area contributed by atoms with Crippen molar-refractivity contribution in [1.29, 1.82) is 0 Å². The average molecular weight is 261 g/mol. The van der Waals surface area contributed by atoms with Crippen molar-refractivity contribution in [3.8, 4) is 0 Å². The molecule has 5 nitrogen and oxygen atoms in total. The van der Waals surface area contributed by atoms with Crippen LogP contribution in [-0.4, -0.2) is 27.1 Å². The molecule has 5 heteroatoms. The summed E-state index contributed by atoms with van der Waals surface area (Å²) in [6.45, 7) is 0. The Morgan fingerprint density at radius 1 is 1.21 bits per heavy atom. The minimum absolute atomic E-state index is 0.162. The number of anilines is 1. The standard InChI is InChI=1S/C14H19N3O2/c18-14(19)10-3-5-11(6-4-10)16-12-7-8-15-13(17-12)9-1-2-9/h7-11H,1-6H2,(H,18,19)(H,15,16,17). The summed E-state index contributed by atoms with van der Waals surface area (Å²) in [6, 6.07) is 2.24. The summed E-state index contributed by atoms with van der Waals surface area (Å²) in [5, 5.41) is 12.4. The summed E-state index contributed by atoms with van der Waals surface area (Å²) in [5.74, 6) is 1.58. The van der Waals surface area contributed by atoms with Gasteiger partial charge < -0.3 is 10.4 Å². The molecule has 3 rings (SSSR count). The van der Waals surface area contributed by atoms with E-state index in [0.29, 0.717) is 12.0 Å². The van der Waals surface area contributed by atoms with Crippen LogP contribution in [0.2, 0.25) is 0 Å². The average Bonchev–Trinajstić information content (AvgIpc) is 3.24. The Labute approximate surface area is 112 Å². The number of hydrogen-bond donors (Lipinski definition) is 2. The molecule has 0 aliphatic heterocycles. The van der Waals surface area contributed by atoms with Crippen molar-refractivity contribution >= 4 is 11.8 Å². The molecule has 1 aromatic rings. The van der Waals surface area contributed by atoms with Gasteiger partial charge in [-0.25, -0.2) is 9.97 Å². The Bertz CT molecular complexity index is 466. The molecule has 1 aromatic heterocycles. The third-order valence-electron chi connectivity index (χ3n) is 4.05. The van der Waals surface area contributed by atoms with E-state index < -0.39 is 5.97 Å². The molecule has 0 unspecified atom stereocenters. The molecule has 2 saturated carbocycles. The van der Waals surface area contributed by atoms with E-state index in [2.05, 4.69) is 15.3 Å². The van der Waals surface area contributed by atoms with Crippen LogP contribution in [0.1, 0.15) is 50.3 Å². The summed E-state index contributed by atoms with van der Waals surface area (Å²) in [5.41, 5.74) is 0. The Balaban J connectivity index is 1.57. The number of nitrogens with one attached hydrogen (secondary N) is 1. The number of aliphatic carboxylic acids is 1. The van der Waals surface area contributed by atoms with Crippen LogP contribution in [0.25, 0.3) is 0 Å². The molecule has 19 heavy (non-hydrogen) atoms. The van der Waals surface area contributed by atoms with E-state index in [-0.39, 0.29) is 5.92 Å². The maximum Gasteiger partial charge on any atom is 0.306 e. The first-order chi connectivity index (χ1) is 9.22. The normalized spacial score (nSPS) is 26.9. The Morgan fingerprint density at radius 3 is 2.58 bits per heavy atom. The van der Waals surface area contributed by atoms with Crippen molar-refractivity contribution < 1.29 is 9.90 Å². The van der Waals surface area contributed by atoms with Crippen molar-refractivity contribution in [2.24, 2.45) is 5.92 Å². The highest BCUT2D eigenvalue weighted by Gasteiger charge is 2.28. The molecule has 0 atom stereocenters. The van der Waals surface area contributed by atoms with Gasteiger partial charge in [-0.15, -0.1) is 0 Å². The van der Waals surface area contributed by atoms with E-state index >= 15 is 0 Å². The van der Waals surface area contributed by atoms with Gasteiger partial charge in [-0.3, -0.25) is 4.79 Å². The van der Waals surface area contributed by atoms with E-state index in [1.165, 1.54) is 12.8 Å². The molecular weight excluding hydrogens is 242 g/mol. The topological polar surface area (TPSA) is 75.1 Å². The lowest BCUT2D eigenvalue weighted by Crippen LogP contribution is -2.29. The van der Waals surface area contributed by atoms with Gasteiger partial charge in [0.1, 0.15) is 11.6 Å². The van der Waals surface area contributed by atoms with Crippen molar-refractivity contribution in [2.45, 2.75) is 50.5 Å². The molecule has 1 heterocycles. The zero-order valence-corrected chi connectivity index (χ0v) is 10.9. The van der Waals surface area contributed by atoms with E-state index in [1.54, 1.807) is 0 Å². The largest absolute Gasteiger partial charge is 0.481 e. The lowest BCUT2D eigenvalue weighted by molar-refractivity contribution is -0.142. The first-order valence-corrected chi connectivity index (χ1v) is 7.04. The summed E-state index contributed by atoms with van der Waals surface area (Å²) in [4.78, 5) is 19.8. The van der Waals surface area contributed by atoms with Crippen LogP contribution in [0.5, 0.6) is 0 Å². The van der Waals surface area contributed by atoms with Gasteiger partial charge in [0.05, 0.1) is 5.92 Å². The number of rotatable bonds is 4. The van der Waals surface area contributed by atoms with Gasteiger partial charge in [0, 0.05) is 18.2 Å². The third-order valence-corrected chi connectivity index (χ3v) is 4.05. The van der Waals surface area contributed by atoms with Gasteiger partial charge in [-0.1, -0.05) is 0 Å². The van der Waals surface area contributed by atoms with Gasteiger partial charge >= 0.3 is 5.97 Å². The summed E-state index contributed by atoms with van der Waals surface area (Å²) >= 11 is 0. The lowest BCUT2D eigenvalue weighted by atomic mass is 9.86. The Morgan fingerprint density at radius 2 is 1.95 bits per heavy atom. The van der Waals surface area contributed by atoms with E-state index in [4.69, 9.17) is 5.11 Å². The Hall–Kier alpha value is -1.65. The van der Waals surface area contributed by atoms with Gasteiger partial charge in [0.15, 0.2) is 0 Å². The van der Waals surface area contributed by atoms with Crippen molar-refractivity contribution in [1.82, 2.24) is 9.97 Å². The molecule has 0 saturated heterocycles. The van der Waals surface area contributed by atoms with Crippen LogP contribution in [0.3, 0.4) is 0 Å². The molecule has 0 amide bonds. The number of carbonyl (C=O) groups is 1. The van der Waals surface area contributed by atoms with Crippen molar-refractivity contribution in [3.63, 3.8) is 0 Å². The highest BCUT2D eigenvalue weighted by molar-refractivity contribution is 5.70. The predicted octanol–water partition coefficient (Wildman–Crippen LogP) is 2.41. The highest BCUT2D eigenvalue weighted by Crippen LogP contribution is 2.38. The molecule has 0 spiro atoms. The first-order valence-electron chi connectivity index (χ1n) is 7.04. The molecule has 102 valence electrons. The van der Waals surface area contributed by atoms with Gasteiger partial charge in [-0.05, 0) is 44.6 Å². The number of carboxylic acids is 1. The zero-order chi connectivity index (χ0) is 13.2. The zero-order valence-electron chi connectivity index (χ0n) is 10.9. The number of carboxylic acid groups (broad SMARTS) is 1. The quantitative estimate of drug-likeness (QED) is 0.870. The minimum atomic E-state index is -0.656. The van der Waals surface area contributed by atoms with E-state index in [0.717, 1.165) is 37.3 Å². The lowest BCUT2D eigenvalue weighted by Gasteiger charge is -2.27. The second kappa shape index (κ2) is 5.15. The molecule has 0 aromatic carbocycles. The SMILES string of the molecule is O=C(O)C1CCC(Nc2ccnc(C3CC3)n2)CC1. The highest BCUT2D eigenvalue weighted by atomic mass is 16.4. The fourth-order valence-electron chi connectivity index (χ4n) is 2.69. The van der Waals surface area contributed by atoms with Crippen LogP contribution in [0.4, 0.5) is 5.82 Å². The first kappa shape index (κ1) is 12.4. The second-order valence-electron chi connectivity index (χ2n) is 5.61. The second-order valence-corrected chi connectivity index (χ2v) is 5.61. The molecule has 2 aliphatic carbocycles. The molecular formula is C14H19N3O2. The van der Waals surface area contributed by atoms with Crippen molar-refractivity contribution in [2.75, 3.05) is 5.32 Å². The molecule has 0 radical (unpaired) electrons. The number of hydrogen-bond acceptors (Lipinski definition) is 4. The smallest absolute Gasteiger partial charge is 0.306 e. The number of aromatic nitrogens is 2. The summed E-state index contributed by atoms with van der Waals surface area (Å²) < 4.78 is 0. The maximum atomic E-state index is 10.9. The van der Waals surface area contributed by atoms with Gasteiger partial charge in [0.2, 0.25) is 0 Å². The van der Waals surface area contributed by atoms with Crippen LogP contribution in [0, 0.1) is 5.92 Å². The van der Waals surface area contributed by atoms with Crippen LogP contribution in [-0.2, 0) is 4.79 Å². The fraction of sp³-hybridized carbons (Fsp3) is 0.643. The Kier molecular flexibility index (Phi) is 3.36. The van der Waals surface area contributed by atoms with Crippen LogP contribution < -0.4 is 5.32 Å². The minimum Gasteiger partial charge on any atom is -0.481 e. The molecule has 2 fully saturated rings. The van der Waals surface area contributed by atoms with Crippen molar-refractivity contribution in [3.05, 3.63) is 18.1 Å².